The molecule has 108 valence electrons. The zero-order valence-corrected chi connectivity index (χ0v) is 11.4. The van der Waals surface area contributed by atoms with E-state index in [1.165, 1.54) is 0 Å². The standard InChI is InChI=1S/C14H17NO5/c1-14(2,8-12(16)17)15-13(18)9-3-4-10-11(7-9)20-6-5-19-10/h3-4,7H,5-6,8H2,1-2H3,(H,15,18)(H,16,17). The fourth-order valence-electron chi connectivity index (χ4n) is 1.99. The molecular weight excluding hydrogens is 262 g/mol. The summed E-state index contributed by atoms with van der Waals surface area (Å²) in [4.78, 5) is 22.9. The van der Waals surface area contributed by atoms with Crippen molar-refractivity contribution in [2.24, 2.45) is 0 Å². The molecule has 2 N–H and O–H groups in total. The number of hydrogen-bond donors (Lipinski definition) is 2. The summed E-state index contributed by atoms with van der Waals surface area (Å²) < 4.78 is 10.8. The zero-order chi connectivity index (χ0) is 14.8. The third-order valence-electron chi connectivity index (χ3n) is 2.85. The lowest BCUT2D eigenvalue weighted by atomic mass is 10.00. The Morgan fingerprint density at radius 2 is 1.90 bits per heavy atom. The summed E-state index contributed by atoms with van der Waals surface area (Å²) in [7, 11) is 0. The van der Waals surface area contributed by atoms with Crippen molar-refractivity contribution in [3.8, 4) is 11.5 Å². The van der Waals surface area contributed by atoms with Crippen molar-refractivity contribution in [2.75, 3.05) is 13.2 Å². The van der Waals surface area contributed by atoms with Gasteiger partial charge in [0.1, 0.15) is 13.2 Å². The van der Waals surface area contributed by atoms with Gasteiger partial charge in [0.2, 0.25) is 0 Å². The number of aliphatic carboxylic acids is 1. The Balaban J connectivity index is 2.11. The van der Waals surface area contributed by atoms with E-state index in [0.29, 0.717) is 30.3 Å². The Bertz CT molecular complexity index is 538. The van der Waals surface area contributed by atoms with Crippen molar-refractivity contribution < 1.29 is 24.2 Å². The number of rotatable bonds is 4. The summed E-state index contributed by atoms with van der Waals surface area (Å²) in [6.45, 7) is 4.26. The van der Waals surface area contributed by atoms with E-state index in [1.54, 1.807) is 32.0 Å². The molecule has 0 aromatic heterocycles. The van der Waals surface area contributed by atoms with Crippen LogP contribution in [0.5, 0.6) is 11.5 Å². The number of ether oxygens (including phenoxy) is 2. The lowest BCUT2D eigenvalue weighted by Gasteiger charge is -2.25. The molecule has 1 aromatic rings. The van der Waals surface area contributed by atoms with Crippen molar-refractivity contribution >= 4 is 11.9 Å². The molecule has 0 atom stereocenters. The first-order chi connectivity index (χ1) is 9.37. The summed E-state index contributed by atoms with van der Waals surface area (Å²) in [5.74, 6) is -0.164. The first-order valence-electron chi connectivity index (χ1n) is 6.31. The SMILES string of the molecule is CC(C)(CC(=O)O)NC(=O)c1ccc2c(c1)OCCO2. The number of carboxylic acids is 1. The second-order valence-corrected chi connectivity index (χ2v) is 5.27. The first-order valence-corrected chi connectivity index (χ1v) is 6.31. The molecule has 2 rings (SSSR count). The van der Waals surface area contributed by atoms with E-state index in [9.17, 15) is 9.59 Å². The average Bonchev–Trinajstić information content (AvgIpc) is 2.36. The summed E-state index contributed by atoms with van der Waals surface area (Å²) in [6, 6.07) is 4.90. The molecule has 1 aliphatic rings. The maximum atomic E-state index is 12.1. The number of hydrogen-bond acceptors (Lipinski definition) is 4. The van der Waals surface area contributed by atoms with E-state index in [0.717, 1.165) is 0 Å². The maximum absolute atomic E-state index is 12.1. The van der Waals surface area contributed by atoms with Crippen LogP contribution in [0.2, 0.25) is 0 Å². The highest BCUT2D eigenvalue weighted by atomic mass is 16.6. The summed E-state index contributed by atoms with van der Waals surface area (Å²) >= 11 is 0. The Kier molecular flexibility index (Phi) is 3.83. The highest BCUT2D eigenvalue weighted by Crippen LogP contribution is 2.30. The quantitative estimate of drug-likeness (QED) is 0.871. The second-order valence-electron chi connectivity index (χ2n) is 5.27. The largest absolute Gasteiger partial charge is 0.486 e. The summed E-state index contributed by atoms with van der Waals surface area (Å²) in [5.41, 5.74) is -0.413. The normalized spacial score (nSPS) is 13.7. The van der Waals surface area contributed by atoms with Crippen LogP contribution in [0.1, 0.15) is 30.6 Å². The Morgan fingerprint density at radius 3 is 2.55 bits per heavy atom. The molecule has 1 aromatic carbocycles. The Hall–Kier alpha value is -2.24. The van der Waals surface area contributed by atoms with Crippen LogP contribution in [0.4, 0.5) is 0 Å². The van der Waals surface area contributed by atoms with Crippen molar-refractivity contribution in [3.05, 3.63) is 23.8 Å². The van der Waals surface area contributed by atoms with Crippen LogP contribution in [0.3, 0.4) is 0 Å². The Labute approximate surface area is 116 Å². The van der Waals surface area contributed by atoms with Crippen LogP contribution >= 0.6 is 0 Å². The molecule has 1 amide bonds. The average molecular weight is 279 g/mol. The molecule has 6 heteroatoms. The van der Waals surface area contributed by atoms with Gasteiger partial charge in [-0.1, -0.05) is 0 Å². The predicted molar refractivity (Wildman–Crippen MR) is 71.2 cm³/mol. The van der Waals surface area contributed by atoms with Crippen LogP contribution in [0.15, 0.2) is 18.2 Å². The van der Waals surface area contributed by atoms with E-state index in [-0.39, 0.29) is 12.3 Å². The molecule has 1 heterocycles. The van der Waals surface area contributed by atoms with Crippen LogP contribution in [-0.4, -0.2) is 35.7 Å². The number of carbonyl (C=O) groups is 2. The lowest BCUT2D eigenvalue weighted by Crippen LogP contribution is -2.44. The van der Waals surface area contributed by atoms with Gasteiger partial charge in [-0.25, -0.2) is 0 Å². The van der Waals surface area contributed by atoms with Crippen LogP contribution < -0.4 is 14.8 Å². The van der Waals surface area contributed by atoms with Gasteiger partial charge in [0.25, 0.3) is 5.91 Å². The van der Waals surface area contributed by atoms with Crippen molar-refractivity contribution in [3.63, 3.8) is 0 Å². The molecule has 0 fully saturated rings. The van der Waals surface area contributed by atoms with Crippen molar-refractivity contribution in [2.45, 2.75) is 25.8 Å². The Morgan fingerprint density at radius 1 is 1.25 bits per heavy atom. The van der Waals surface area contributed by atoms with Crippen LogP contribution in [0.25, 0.3) is 0 Å². The van der Waals surface area contributed by atoms with Crippen LogP contribution in [-0.2, 0) is 4.79 Å². The highest BCUT2D eigenvalue weighted by Gasteiger charge is 2.25. The smallest absolute Gasteiger partial charge is 0.305 e. The predicted octanol–water partition coefficient (Wildman–Crippen LogP) is 1.44. The summed E-state index contributed by atoms with van der Waals surface area (Å²) in [6.07, 6.45) is -0.150. The van der Waals surface area contributed by atoms with Gasteiger partial charge >= 0.3 is 5.97 Å². The van der Waals surface area contributed by atoms with E-state index in [2.05, 4.69) is 5.32 Å². The molecule has 0 spiro atoms. The van der Waals surface area contributed by atoms with Gasteiger partial charge in [-0.15, -0.1) is 0 Å². The van der Waals surface area contributed by atoms with E-state index in [1.807, 2.05) is 0 Å². The van der Waals surface area contributed by atoms with Gasteiger partial charge in [-0.2, -0.15) is 0 Å². The minimum absolute atomic E-state index is 0.150. The van der Waals surface area contributed by atoms with Gasteiger partial charge < -0.3 is 19.9 Å². The molecule has 0 aliphatic carbocycles. The maximum Gasteiger partial charge on any atom is 0.305 e. The number of amides is 1. The van der Waals surface area contributed by atoms with Gasteiger partial charge in [0.05, 0.1) is 6.42 Å². The number of carboxylic acid groups (broad SMARTS) is 1. The zero-order valence-electron chi connectivity index (χ0n) is 11.4. The third kappa shape index (κ3) is 3.40. The third-order valence-corrected chi connectivity index (χ3v) is 2.85. The minimum atomic E-state index is -0.961. The molecule has 1 aliphatic heterocycles. The number of benzene rings is 1. The number of nitrogens with one attached hydrogen (secondary N) is 1. The number of fused-ring (bicyclic) bond motifs is 1. The summed E-state index contributed by atoms with van der Waals surface area (Å²) in [5, 5.41) is 11.5. The molecule has 0 bridgehead atoms. The fraction of sp³-hybridized carbons (Fsp3) is 0.429. The van der Waals surface area contributed by atoms with Gasteiger partial charge in [-0.05, 0) is 32.0 Å². The topological polar surface area (TPSA) is 84.9 Å². The first kappa shape index (κ1) is 14.2. The number of carbonyl (C=O) groups excluding carboxylic acids is 1. The molecular formula is C14H17NO5. The molecule has 0 saturated heterocycles. The second kappa shape index (κ2) is 5.40. The molecule has 6 nitrogen and oxygen atoms in total. The van der Waals surface area contributed by atoms with Gasteiger partial charge in [0.15, 0.2) is 11.5 Å². The monoisotopic (exact) mass is 279 g/mol. The fourth-order valence-corrected chi connectivity index (χ4v) is 1.99. The highest BCUT2D eigenvalue weighted by molar-refractivity contribution is 5.95. The molecule has 20 heavy (non-hydrogen) atoms. The van der Waals surface area contributed by atoms with Gasteiger partial charge in [0, 0.05) is 11.1 Å². The van der Waals surface area contributed by atoms with Crippen molar-refractivity contribution in [1.29, 1.82) is 0 Å². The van der Waals surface area contributed by atoms with Crippen LogP contribution in [0, 0.1) is 0 Å². The molecule has 0 unspecified atom stereocenters. The minimum Gasteiger partial charge on any atom is -0.486 e. The van der Waals surface area contributed by atoms with E-state index >= 15 is 0 Å². The van der Waals surface area contributed by atoms with Gasteiger partial charge in [-0.3, -0.25) is 9.59 Å². The lowest BCUT2D eigenvalue weighted by molar-refractivity contribution is -0.138. The van der Waals surface area contributed by atoms with E-state index < -0.39 is 11.5 Å². The molecule has 0 radical (unpaired) electrons. The van der Waals surface area contributed by atoms with Crippen molar-refractivity contribution in [1.82, 2.24) is 5.32 Å². The van der Waals surface area contributed by atoms with E-state index in [4.69, 9.17) is 14.6 Å². The molecule has 0 saturated carbocycles.